The SMILES string of the molecule is C=CCn1cc(CC(N)C(=O)O)c2cc(F)ccc21.CC.CC. The van der Waals surface area contributed by atoms with Crippen LogP contribution in [0.3, 0.4) is 0 Å². The van der Waals surface area contributed by atoms with Gasteiger partial charge in [0.05, 0.1) is 0 Å². The maximum absolute atomic E-state index is 13.3. The summed E-state index contributed by atoms with van der Waals surface area (Å²) in [6.07, 6.45) is 3.69. The maximum atomic E-state index is 13.3. The third-order valence-corrected chi connectivity index (χ3v) is 3.01. The van der Waals surface area contributed by atoms with Crippen molar-refractivity contribution in [3.8, 4) is 0 Å². The van der Waals surface area contributed by atoms with Gasteiger partial charge in [-0.25, -0.2) is 4.39 Å². The zero-order chi connectivity index (χ0) is 18.0. The van der Waals surface area contributed by atoms with E-state index in [2.05, 4.69) is 6.58 Å². The summed E-state index contributed by atoms with van der Waals surface area (Å²) in [5.74, 6) is -1.42. The molecule has 1 heterocycles. The number of hydrogen-bond donors (Lipinski definition) is 2. The second kappa shape index (κ2) is 10.6. The van der Waals surface area contributed by atoms with Crippen LogP contribution in [0.2, 0.25) is 0 Å². The van der Waals surface area contributed by atoms with E-state index in [4.69, 9.17) is 10.8 Å². The van der Waals surface area contributed by atoms with Gasteiger partial charge in [-0.1, -0.05) is 33.8 Å². The molecule has 3 N–H and O–H groups in total. The molecular formula is C18H27FN2O2. The number of aromatic nitrogens is 1. The molecule has 2 rings (SSSR count). The molecule has 0 aliphatic heterocycles. The Kier molecular flexibility index (Phi) is 9.58. The van der Waals surface area contributed by atoms with E-state index in [1.165, 1.54) is 12.1 Å². The van der Waals surface area contributed by atoms with Gasteiger partial charge in [0.15, 0.2) is 0 Å². The fourth-order valence-corrected chi connectivity index (χ4v) is 2.12. The van der Waals surface area contributed by atoms with Gasteiger partial charge in [0.1, 0.15) is 11.9 Å². The number of benzene rings is 1. The number of nitrogens with zero attached hydrogens (tertiary/aromatic N) is 1. The molecule has 1 aromatic heterocycles. The summed E-state index contributed by atoms with van der Waals surface area (Å²) in [6.45, 7) is 12.2. The monoisotopic (exact) mass is 322 g/mol. The average Bonchev–Trinajstić information content (AvgIpc) is 2.88. The Morgan fingerprint density at radius 2 is 2.00 bits per heavy atom. The number of hydrogen-bond acceptors (Lipinski definition) is 2. The Balaban J connectivity index is 0.00000112. The predicted molar refractivity (Wildman–Crippen MR) is 94.1 cm³/mol. The van der Waals surface area contributed by atoms with Crippen LogP contribution in [0.1, 0.15) is 33.3 Å². The molecule has 0 aliphatic carbocycles. The van der Waals surface area contributed by atoms with Gasteiger partial charge in [-0.15, -0.1) is 6.58 Å². The first-order valence-corrected chi connectivity index (χ1v) is 7.89. The number of carboxylic acid groups (broad SMARTS) is 1. The molecule has 2 aromatic rings. The number of nitrogens with two attached hydrogens (primary N) is 1. The smallest absolute Gasteiger partial charge is 0.320 e. The lowest BCUT2D eigenvalue weighted by atomic mass is 10.1. The number of halogens is 1. The highest BCUT2D eigenvalue weighted by Gasteiger charge is 2.16. The van der Waals surface area contributed by atoms with Gasteiger partial charge in [-0.05, 0) is 23.8 Å². The molecule has 23 heavy (non-hydrogen) atoms. The van der Waals surface area contributed by atoms with Crippen molar-refractivity contribution in [2.45, 2.75) is 46.7 Å². The quantitative estimate of drug-likeness (QED) is 0.818. The summed E-state index contributed by atoms with van der Waals surface area (Å²) in [5.41, 5.74) is 7.11. The standard InChI is InChI=1S/C14H15FN2O2.2C2H6/c1-2-5-17-8-9(6-12(16)14(18)19)11-7-10(15)3-4-13(11)17;2*1-2/h2-4,7-8,12H,1,5-6,16H2,(H,18,19);2*1-2H3. The zero-order valence-corrected chi connectivity index (χ0v) is 14.3. The highest BCUT2D eigenvalue weighted by atomic mass is 19.1. The van der Waals surface area contributed by atoms with E-state index in [-0.39, 0.29) is 12.2 Å². The summed E-state index contributed by atoms with van der Waals surface area (Å²) >= 11 is 0. The fourth-order valence-electron chi connectivity index (χ4n) is 2.12. The molecule has 0 saturated carbocycles. The van der Waals surface area contributed by atoms with Crippen LogP contribution in [0.25, 0.3) is 10.9 Å². The van der Waals surface area contributed by atoms with Crippen molar-refractivity contribution in [2.24, 2.45) is 5.73 Å². The van der Waals surface area contributed by atoms with Crippen LogP contribution in [-0.4, -0.2) is 21.7 Å². The van der Waals surface area contributed by atoms with Gasteiger partial charge in [0, 0.05) is 30.1 Å². The first-order chi connectivity index (χ1) is 11.0. The number of aliphatic carboxylic acids is 1. The summed E-state index contributed by atoms with van der Waals surface area (Å²) in [4.78, 5) is 10.8. The minimum Gasteiger partial charge on any atom is -0.480 e. The van der Waals surface area contributed by atoms with Crippen molar-refractivity contribution in [1.82, 2.24) is 4.57 Å². The molecule has 1 atom stereocenters. The van der Waals surface area contributed by atoms with Gasteiger partial charge < -0.3 is 15.4 Å². The summed E-state index contributed by atoms with van der Waals surface area (Å²) in [6, 6.07) is 3.46. The largest absolute Gasteiger partial charge is 0.480 e. The second-order valence-corrected chi connectivity index (χ2v) is 4.41. The number of rotatable bonds is 5. The summed E-state index contributed by atoms with van der Waals surface area (Å²) < 4.78 is 15.2. The zero-order valence-electron chi connectivity index (χ0n) is 14.3. The van der Waals surface area contributed by atoms with Crippen molar-refractivity contribution in [2.75, 3.05) is 0 Å². The van der Waals surface area contributed by atoms with Crippen LogP contribution in [0.15, 0.2) is 37.1 Å². The van der Waals surface area contributed by atoms with Crippen molar-refractivity contribution in [3.05, 3.63) is 48.4 Å². The molecule has 0 fully saturated rings. The minimum atomic E-state index is -1.07. The lowest BCUT2D eigenvalue weighted by Gasteiger charge is -2.04. The molecule has 0 saturated heterocycles. The van der Waals surface area contributed by atoms with E-state index in [0.29, 0.717) is 11.9 Å². The topological polar surface area (TPSA) is 68.2 Å². The van der Waals surface area contributed by atoms with Crippen LogP contribution in [0, 0.1) is 5.82 Å². The van der Waals surface area contributed by atoms with Crippen LogP contribution in [-0.2, 0) is 17.8 Å². The van der Waals surface area contributed by atoms with Crippen LogP contribution in [0.4, 0.5) is 4.39 Å². The summed E-state index contributed by atoms with van der Waals surface area (Å²) in [7, 11) is 0. The van der Waals surface area contributed by atoms with Gasteiger partial charge in [0.2, 0.25) is 0 Å². The lowest BCUT2D eigenvalue weighted by Crippen LogP contribution is -2.32. The van der Waals surface area contributed by atoms with Crippen molar-refractivity contribution in [3.63, 3.8) is 0 Å². The predicted octanol–water partition coefficient (Wildman–Crippen LogP) is 3.97. The van der Waals surface area contributed by atoms with E-state index in [0.717, 1.165) is 11.1 Å². The van der Waals surface area contributed by atoms with Gasteiger partial charge in [-0.3, -0.25) is 4.79 Å². The second-order valence-electron chi connectivity index (χ2n) is 4.41. The minimum absolute atomic E-state index is 0.166. The third-order valence-electron chi connectivity index (χ3n) is 3.01. The van der Waals surface area contributed by atoms with E-state index < -0.39 is 12.0 Å². The molecule has 128 valence electrons. The van der Waals surface area contributed by atoms with Crippen molar-refractivity contribution >= 4 is 16.9 Å². The Labute approximate surface area is 137 Å². The Morgan fingerprint density at radius 3 is 2.52 bits per heavy atom. The Bertz CT molecular complexity index is 635. The number of allylic oxidation sites excluding steroid dienone is 1. The number of carboxylic acids is 1. The molecule has 0 radical (unpaired) electrons. The fraction of sp³-hybridized carbons (Fsp3) is 0.389. The first-order valence-electron chi connectivity index (χ1n) is 7.89. The number of fused-ring (bicyclic) bond motifs is 1. The van der Waals surface area contributed by atoms with Crippen molar-refractivity contribution < 1.29 is 14.3 Å². The first kappa shape index (κ1) is 20.9. The van der Waals surface area contributed by atoms with E-state index in [1.54, 1.807) is 18.3 Å². The molecule has 5 heteroatoms. The molecule has 1 aromatic carbocycles. The van der Waals surface area contributed by atoms with E-state index >= 15 is 0 Å². The van der Waals surface area contributed by atoms with E-state index in [9.17, 15) is 9.18 Å². The Morgan fingerprint density at radius 1 is 1.39 bits per heavy atom. The van der Waals surface area contributed by atoms with Gasteiger partial charge in [-0.2, -0.15) is 0 Å². The maximum Gasteiger partial charge on any atom is 0.320 e. The van der Waals surface area contributed by atoms with Crippen LogP contribution in [0.5, 0.6) is 0 Å². The lowest BCUT2D eigenvalue weighted by molar-refractivity contribution is -0.138. The molecule has 0 spiro atoms. The number of carbonyl (C=O) groups is 1. The normalized spacial score (nSPS) is 10.9. The highest BCUT2D eigenvalue weighted by molar-refractivity contribution is 5.85. The molecule has 4 nitrogen and oxygen atoms in total. The van der Waals surface area contributed by atoms with Crippen molar-refractivity contribution in [1.29, 1.82) is 0 Å². The van der Waals surface area contributed by atoms with E-state index in [1.807, 2.05) is 32.3 Å². The third kappa shape index (κ3) is 5.53. The Hall–Kier alpha value is -2.14. The average molecular weight is 322 g/mol. The molecular weight excluding hydrogens is 295 g/mol. The van der Waals surface area contributed by atoms with Gasteiger partial charge in [0.25, 0.3) is 0 Å². The summed E-state index contributed by atoms with van der Waals surface area (Å²) in [5, 5.41) is 9.55. The van der Waals surface area contributed by atoms with Gasteiger partial charge >= 0.3 is 5.97 Å². The van der Waals surface area contributed by atoms with Crippen LogP contribution >= 0.6 is 0 Å². The molecule has 0 amide bonds. The molecule has 0 aliphatic rings. The van der Waals surface area contributed by atoms with Crippen LogP contribution < -0.4 is 5.73 Å². The molecule has 1 unspecified atom stereocenters. The highest BCUT2D eigenvalue weighted by Crippen LogP contribution is 2.23. The molecule has 0 bridgehead atoms.